The molecule has 0 spiro atoms. The molecule has 1 aromatic heterocycles. The van der Waals surface area contributed by atoms with E-state index in [1.54, 1.807) is 25.3 Å². The third-order valence-corrected chi connectivity index (χ3v) is 4.57. The molecule has 2 aromatic carbocycles. The van der Waals surface area contributed by atoms with Gasteiger partial charge in [-0.2, -0.15) is 0 Å². The number of amides is 1. The molecule has 0 atom stereocenters. The molecule has 0 saturated heterocycles. The van der Waals surface area contributed by atoms with Gasteiger partial charge in [-0.05, 0) is 24.3 Å². The number of aromatic nitrogens is 2. The topological polar surface area (TPSA) is 77.2 Å². The highest BCUT2D eigenvalue weighted by Crippen LogP contribution is 2.28. The molecule has 1 N–H and O–H groups in total. The number of benzene rings is 2. The van der Waals surface area contributed by atoms with Crippen molar-refractivity contribution in [3.05, 3.63) is 53.6 Å². The van der Waals surface area contributed by atoms with Gasteiger partial charge in [-0.25, -0.2) is 0 Å². The third kappa shape index (κ3) is 4.77. The molecule has 3 aromatic rings. The van der Waals surface area contributed by atoms with E-state index < -0.39 is 0 Å². The SMILES string of the molecule is COc1cccc(NC(=O)CCSc2nnc(-c3ccccc3Cl)o2)c1. The Labute approximate surface area is 159 Å². The molecule has 134 valence electrons. The van der Waals surface area contributed by atoms with E-state index in [2.05, 4.69) is 15.5 Å². The number of methoxy groups -OCH3 is 1. The molecule has 3 rings (SSSR count). The van der Waals surface area contributed by atoms with E-state index in [4.69, 9.17) is 20.8 Å². The van der Waals surface area contributed by atoms with E-state index >= 15 is 0 Å². The van der Waals surface area contributed by atoms with Crippen LogP contribution in [0.3, 0.4) is 0 Å². The Hall–Kier alpha value is -2.51. The monoisotopic (exact) mass is 389 g/mol. The fraction of sp³-hybridized carbons (Fsp3) is 0.167. The average Bonchev–Trinajstić information content (AvgIpc) is 3.11. The van der Waals surface area contributed by atoms with Gasteiger partial charge in [-0.1, -0.05) is 41.6 Å². The molecule has 0 radical (unpaired) electrons. The van der Waals surface area contributed by atoms with E-state index in [9.17, 15) is 4.79 Å². The van der Waals surface area contributed by atoms with Crippen LogP contribution in [0.2, 0.25) is 5.02 Å². The zero-order chi connectivity index (χ0) is 18.4. The molecule has 0 aliphatic heterocycles. The zero-order valence-electron chi connectivity index (χ0n) is 13.9. The van der Waals surface area contributed by atoms with Gasteiger partial charge < -0.3 is 14.5 Å². The first-order valence-electron chi connectivity index (χ1n) is 7.81. The standard InChI is InChI=1S/C18H16ClN3O3S/c1-24-13-6-4-5-12(11-13)20-16(23)9-10-26-18-22-21-17(25-18)14-7-2-3-8-15(14)19/h2-8,11H,9-10H2,1H3,(H,20,23). The summed E-state index contributed by atoms with van der Waals surface area (Å²) in [7, 11) is 1.58. The number of halogens is 1. The van der Waals surface area contributed by atoms with Crippen LogP contribution in [0.15, 0.2) is 58.2 Å². The molecule has 1 heterocycles. The number of nitrogens with one attached hydrogen (secondary N) is 1. The minimum Gasteiger partial charge on any atom is -0.497 e. The maximum Gasteiger partial charge on any atom is 0.276 e. The van der Waals surface area contributed by atoms with Crippen LogP contribution in [-0.4, -0.2) is 29.0 Å². The van der Waals surface area contributed by atoms with E-state index in [-0.39, 0.29) is 5.91 Å². The second-order valence-electron chi connectivity index (χ2n) is 5.23. The smallest absolute Gasteiger partial charge is 0.276 e. The van der Waals surface area contributed by atoms with Crippen LogP contribution in [0.25, 0.3) is 11.5 Å². The molecular formula is C18H16ClN3O3S. The van der Waals surface area contributed by atoms with Gasteiger partial charge in [-0.15, -0.1) is 10.2 Å². The Bertz CT molecular complexity index is 901. The lowest BCUT2D eigenvalue weighted by Crippen LogP contribution is -2.12. The first-order chi connectivity index (χ1) is 12.7. The number of anilines is 1. The van der Waals surface area contributed by atoms with E-state index in [0.717, 1.165) is 0 Å². The molecule has 1 amide bonds. The summed E-state index contributed by atoms with van der Waals surface area (Å²) in [6.45, 7) is 0. The van der Waals surface area contributed by atoms with Crippen molar-refractivity contribution in [3.8, 4) is 17.2 Å². The minimum atomic E-state index is -0.100. The Morgan fingerprint density at radius 3 is 2.88 bits per heavy atom. The number of hydrogen-bond acceptors (Lipinski definition) is 6. The highest BCUT2D eigenvalue weighted by atomic mass is 35.5. The largest absolute Gasteiger partial charge is 0.497 e. The summed E-state index contributed by atoms with van der Waals surface area (Å²) >= 11 is 7.44. The molecular weight excluding hydrogens is 374 g/mol. The normalized spacial score (nSPS) is 10.5. The maximum absolute atomic E-state index is 12.0. The number of carbonyl (C=O) groups is 1. The van der Waals surface area contributed by atoms with Crippen molar-refractivity contribution in [1.82, 2.24) is 10.2 Å². The van der Waals surface area contributed by atoms with Gasteiger partial charge in [-0.3, -0.25) is 4.79 Å². The van der Waals surface area contributed by atoms with Crippen molar-refractivity contribution >= 4 is 35.0 Å². The third-order valence-electron chi connectivity index (χ3n) is 3.42. The lowest BCUT2D eigenvalue weighted by atomic mass is 10.2. The van der Waals surface area contributed by atoms with E-state index in [0.29, 0.717) is 45.3 Å². The first-order valence-corrected chi connectivity index (χ1v) is 9.17. The second kappa shape index (κ2) is 8.73. The maximum atomic E-state index is 12.0. The molecule has 0 unspecified atom stereocenters. The highest BCUT2D eigenvalue weighted by molar-refractivity contribution is 7.99. The van der Waals surface area contributed by atoms with Gasteiger partial charge in [0, 0.05) is 23.9 Å². The zero-order valence-corrected chi connectivity index (χ0v) is 15.5. The van der Waals surface area contributed by atoms with Crippen molar-refractivity contribution < 1.29 is 13.9 Å². The summed E-state index contributed by atoms with van der Waals surface area (Å²) in [4.78, 5) is 12.0. The Balaban J connectivity index is 1.50. The van der Waals surface area contributed by atoms with Crippen molar-refractivity contribution in [2.75, 3.05) is 18.2 Å². The van der Waals surface area contributed by atoms with Gasteiger partial charge in [0.1, 0.15) is 5.75 Å². The molecule has 6 nitrogen and oxygen atoms in total. The van der Waals surface area contributed by atoms with Crippen molar-refractivity contribution in [2.45, 2.75) is 11.6 Å². The number of thioether (sulfide) groups is 1. The number of rotatable bonds is 7. The van der Waals surface area contributed by atoms with Gasteiger partial charge in [0.05, 0.1) is 17.7 Å². The fourth-order valence-electron chi connectivity index (χ4n) is 2.17. The quantitative estimate of drug-likeness (QED) is 0.598. The summed E-state index contributed by atoms with van der Waals surface area (Å²) in [6.07, 6.45) is 0.311. The summed E-state index contributed by atoms with van der Waals surface area (Å²) < 4.78 is 10.7. The second-order valence-corrected chi connectivity index (χ2v) is 6.68. The van der Waals surface area contributed by atoms with E-state index in [1.165, 1.54) is 11.8 Å². The number of hydrogen-bond donors (Lipinski definition) is 1. The Morgan fingerprint density at radius 1 is 1.23 bits per heavy atom. The summed E-state index contributed by atoms with van der Waals surface area (Å²) in [6, 6.07) is 14.5. The number of carbonyl (C=O) groups excluding carboxylic acids is 1. The highest BCUT2D eigenvalue weighted by Gasteiger charge is 2.12. The molecule has 8 heteroatoms. The molecule has 26 heavy (non-hydrogen) atoms. The molecule has 0 aliphatic rings. The van der Waals surface area contributed by atoms with Crippen LogP contribution in [0, 0.1) is 0 Å². The first kappa shape index (κ1) is 18.3. The molecule has 0 bridgehead atoms. The van der Waals surface area contributed by atoms with Gasteiger partial charge >= 0.3 is 0 Å². The van der Waals surface area contributed by atoms with Crippen molar-refractivity contribution in [1.29, 1.82) is 0 Å². The fourth-order valence-corrected chi connectivity index (χ4v) is 3.08. The lowest BCUT2D eigenvalue weighted by molar-refractivity contribution is -0.115. The predicted molar refractivity (Wildman–Crippen MR) is 102 cm³/mol. The minimum absolute atomic E-state index is 0.100. The van der Waals surface area contributed by atoms with Crippen LogP contribution >= 0.6 is 23.4 Å². The molecule has 0 fully saturated rings. The van der Waals surface area contributed by atoms with E-state index in [1.807, 2.05) is 30.3 Å². The van der Waals surface area contributed by atoms with Crippen molar-refractivity contribution in [2.24, 2.45) is 0 Å². The molecule has 0 aliphatic carbocycles. The predicted octanol–water partition coefficient (Wildman–Crippen LogP) is 4.52. The van der Waals surface area contributed by atoms with Crippen LogP contribution in [0.1, 0.15) is 6.42 Å². The lowest BCUT2D eigenvalue weighted by Gasteiger charge is -2.06. The number of nitrogens with zero attached hydrogens (tertiary/aromatic N) is 2. The van der Waals surface area contributed by atoms with Crippen molar-refractivity contribution in [3.63, 3.8) is 0 Å². The summed E-state index contributed by atoms with van der Waals surface area (Å²) in [5.74, 6) is 1.46. The van der Waals surface area contributed by atoms with Crippen LogP contribution in [-0.2, 0) is 4.79 Å². The van der Waals surface area contributed by atoms with Crippen LogP contribution < -0.4 is 10.1 Å². The summed E-state index contributed by atoms with van der Waals surface area (Å²) in [5.41, 5.74) is 1.38. The number of ether oxygens (including phenoxy) is 1. The van der Waals surface area contributed by atoms with Crippen LogP contribution in [0.4, 0.5) is 5.69 Å². The Kier molecular flexibility index (Phi) is 6.14. The Morgan fingerprint density at radius 2 is 2.08 bits per heavy atom. The molecule has 0 saturated carbocycles. The average molecular weight is 390 g/mol. The van der Waals surface area contributed by atoms with Gasteiger partial charge in [0.15, 0.2) is 0 Å². The van der Waals surface area contributed by atoms with Gasteiger partial charge in [0.2, 0.25) is 11.8 Å². The van der Waals surface area contributed by atoms with Gasteiger partial charge in [0.25, 0.3) is 5.22 Å². The van der Waals surface area contributed by atoms with Crippen LogP contribution in [0.5, 0.6) is 5.75 Å². The summed E-state index contributed by atoms with van der Waals surface area (Å²) in [5, 5.41) is 11.7.